The van der Waals surface area contributed by atoms with E-state index in [9.17, 15) is 10.1 Å². The van der Waals surface area contributed by atoms with Gasteiger partial charge < -0.3 is 16.0 Å². The van der Waals surface area contributed by atoms with Crippen LogP contribution in [0.4, 0.5) is 10.7 Å². The zero-order valence-corrected chi connectivity index (χ0v) is 13.0. The predicted octanol–water partition coefficient (Wildman–Crippen LogP) is 2.35. The lowest BCUT2D eigenvalue weighted by Gasteiger charge is -2.30. The summed E-state index contributed by atoms with van der Waals surface area (Å²) in [5.41, 5.74) is 6.66. The number of nitrogens with two attached hydrogens (primary N) is 1. The molecule has 1 aliphatic rings. The first-order valence-corrected chi connectivity index (χ1v) is 7.82. The highest BCUT2D eigenvalue weighted by atomic mass is 32.1. The average molecular weight is 304 g/mol. The van der Waals surface area contributed by atoms with Gasteiger partial charge in [0.2, 0.25) is 0 Å². The monoisotopic (exact) mass is 304 g/mol. The van der Waals surface area contributed by atoms with Gasteiger partial charge in [0, 0.05) is 20.1 Å². The van der Waals surface area contributed by atoms with Gasteiger partial charge in [-0.25, -0.2) is 0 Å². The Hall–Kier alpha value is -2.00. The minimum Gasteiger partial charge on any atom is -0.396 e. The summed E-state index contributed by atoms with van der Waals surface area (Å²) < 4.78 is 0. The molecule has 1 aromatic rings. The molecule has 1 heterocycles. The number of nitrogen functional groups attached to an aromatic ring is 1. The van der Waals surface area contributed by atoms with Gasteiger partial charge in [-0.05, 0) is 18.8 Å². The quantitative estimate of drug-likeness (QED) is 0.790. The van der Waals surface area contributed by atoms with Crippen molar-refractivity contribution in [3.8, 4) is 6.07 Å². The number of amides is 1. The molecule has 1 aromatic heterocycles. The number of carbonyl (C=O) groups is 1. The third-order valence-electron chi connectivity index (χ3n) is 3.76. The summed E-state index contributed by atoms with van der Waals surface area (Å²) in [6.45, 7) is 4.85. The molecule has 21 heavy (non-hydrogen) atoms. The standard InChI is InChI=1S/C15H20N4OS/c1-3-7-18-14(20)13-12(17)11(8-16)15(21-13)19(2)9-10-5-4-6-10/h3,10H,1,4-7,9,17H2,2H3,(H,18,20). The van der Waals surface area contributed by atoms with Crippen molar-refractivity contribution in [2.75, 3.05) is 30.8 Å². The van der Waals surface area contributed by atoms with Gasteiger partial charge in [0.05, 0.1) is 5.69 Å². The SMILES string of the molecule is C=CCNC(=O)c1sc(N(C)CC2CCC2)c(C#N)c1N. The molecular formula is C15H20N4OS. The average Bonchev–Trinajstić information content (AvgIpc) is 2.77. The van der Waals surface area contributed by atoms with Crippen LogP contribution in [0.2, 0.25) is 0 Å². The van der Waals surface area contributed by atoms with Crippen LogP contribution < -0.4 is 16.0 Å². The number of hydrogen-bond donors (Lipinski definition) is 2. The Kier molecular flexibility index (Phi) is 4.86. The molecule has 1 fully saturated rings. The molecule has 6 heteroatoms. The van der Waals surface area contributed by atoms with E-state index in [2.05, 4.69) is 18.0 Å². The number of hydrogen-bond acceptors (Lipinski definition) is 5. The fourth-order valence-electron chi connectivity index (χ4n) is 2.37. The summed E-state index contributed by atoms with van der Waals surface area (Å²) in [5.74, 6) is 0.431. The van der Waals surface area contributed by atoms with Crippen LogP contribution in [0.25, 0.3) is 0 Å². The van der Waals surface area contributed by atoms with E-state index in [1.165, 1.54) is 30.6 Å². The van der Waals surface area contributed by atoms with Crippen LogP contribution in [-0.2, 0) is 0 Å². The van der Waals surface area contributed by atoms with E-state index in [0.29, 0.717) is 22.9 Å². The number of anilines is 2. The molecule has 0 aliphatic heterocycles. The number of carbonyl (C=O) groups excluding carboxylic acids is 1. The van der Waals surface area contributed by atoms with Gasteiger partial charge in [0.25, 0.3) is 5.91 Å². The summed E-state index contributed by atoms with van der Waals surface area (Å²) in [4.78, 5) is 14.5. The highest BCUT2D eigenvalue weighted by Crippen LogP contribution is 2.38. The van der Waals surface area contributed by atoms with Crippen LogP contribution in [-0.4, -0.2) is 26.0 Å². The second-order valence-corrected chi connectivity index (χ2v) is 6.31. The van der Waals surface area contributed by atoms with Crippen LogP contribution in [0.1, 0.15) is 34.5 Å². The largest absolute Gasteiger partial charge is 0.396 e. The Morgan fingerprint density at radius 2 is 2.38 bits per heavy atom. The fourth-order valence-corrected chi connectivity index (χ4v) is 3.43. The predicted molar refractivity (Wildman–Crippen MR) is 86.6 cm³/mol. The minimum atomic E-state index is -0.253. The Labute approximate surface area is 129 Å². The smallest absolute Gasteiger partial charge is 0.263 e. The summed E-state index contributed by atoms with van der Waals surface area (Å²) >= 11 is 1.29. The summed E-state index contributed by atoms with van der Waals surface area (Å²) in [5, 5.41) is 12.8. The molecule has 1 amide bonds. The van der Waals surface area contributed by atoms with Gasteiger partial charge in [-0.3, -0.25) is 4.79 Å². The molecule has 0 aromatic carbocycles. The van der Waals surface area contributed by atoms with E-state index in [1.54, 1.807) is 6.08 Å². The van der Waals surface area contributed by atoms with E-state index >= 15 is 0 Å². The molecule has 0 unspecified atom stereocenters. The van der Waals surface area contributed by atoms with Gasteiger partial charge in [-0.15, -0.1) is 17.9 Å². The molecule has 0 radical (unpaired) electrons. The third kappa shape index (κ3) is 3.19. The van der Waals surface area contributed by atoms with Gasteiger partial charge in [-0.2, -0.15) is 5.26 Å². The van der Waals surface area contributed by atoms with Crippen LogP contribution in [0, 0.1) is 17.2 Å². The lowest BCUT2D eigenvalue weighted by Crippen LogP contribution is -2.29. The second-order valence-electron chi connectivity index (χ2n) is 5.31. The Bertz CT molecular complexity index is 583. The molecule has 1 aliphatic carbocycles. The molecule has 0 saturated heterocycles. The Morgan fingerprint density at radius 3 is 2.90 bits per heavy atom. The maximum Gasteiger partial charge on any atom is 0.263 e. The van der Waals surface area contributed by atoms with E-state index < -0.39 is 0 Å². The minimum absolute atomic E-state index is 0.253. The maximum absolute atomic E-state index is 12.1. The number of nitriles is 1. The van der Waals surface area contributed by atoms with Crippen molar-refractivity contribution in [2.24, 2.45) is 5.92 Å². The highest BCUT2D eigenvalue weighted by molar-refractivity contribution is 7.19. The summed E-state index contributed by atoms with van der Waals surface area (Å²) in [7, 11) is 1.95. The maximum atomic E-state index is 12.1. The normalized spacial score (nSPS) is 14.1. The number of rotatable bonds is 6. The lowest BCUT2D eigenvalue weighted by atomic mass is 9.85. The molecule has 5 nitrogen and oxygen atoms in total. The second kappa shape index (κ2) is 6.64. The van der Waals surface area contributed by atoms with Crippen LogP contribution in [0.3, 0.4) is 0 Å². The van der Waals surface area contributed by atoms with Gasteiger partial charge in [0.15, 0.2) is 0 Å². The first-order chi connectivity index (χ1) is 10.1. The first-order valence-electron chi connectivity index (χ1n) is 7.01. The van der Waals surface area contributed by atoms with Crippen LogP contribution >= 0.6 is 11.3 Å². The molecule has 2 rings (SSSR count). The molecule has 112 valence electrons. The summed E-state index contributed by atoms with van der Waals surface area (Å²) in [6.07, 6.45) is 5.36. The number of thiophene rings is 1. The van der Waals surface area contributed by atoms with Crippen molar-refractivity contribution in [2.45, 2.75) is 19.3 Å². The molecule has 0 atom stereocenters. The van der Waals surface area contributed by atoms with Crippen molar-refractivity contribution in [1.82, 2.24) is 5.32 Å². The van der Waals surface area contributed by atoms with Crippen molar-refractivity contribution in [1.29, 1.82) is 5.26 Å². The molecule has 3 N–H and O–H groups in total. The number of nitrogens with one attached hydrogen (secondary N) is 1. The molecule has 0 bridgehead atoms. The fraction of sp³-hybridized carbons (Fsp3) is 0.467. The topological polar surface area (TPSA) is 82.2 Å². The van der Waals surface area contributed by atoms with Gasteiger partial charge in [0.1, 0.15) is 21.5 Å². The summed E-state index contributed by atoms with van der Waals surface area (Å²) in [6, 6.07) is 2.13. The van der Waals surface area contributed by atoms with E-state index in [1.807, 2.05) is 11.9 Å². The van der Waals surface area contributed by atoms with E-state index in [0.717, 1.165) is 11.5 Å². The molecule has 1 saturated carbocycles. The van der Waals surface area contributed by atoms with Gasteiger partial charge in [-0.1, -0.05) is 12.5 Å². The van der Waals surface area contributed by atoms with Crippen LogP contribution in [0.15, 0.2) is 12.7 Å². The van der Waals surface area contributed by atoms with Crippen LogP contribution in [0.5, 0.6) is 0 Å². The molecular weight excluding hydrogens is 284 g/mol. The number of nitrogens with zero attached hydrogens (tertiary/aromatic N) is 2. The Morgan fingerprint density at radius 1 is 1.67 bits per heavy atom. The molecule has 0 spiro atoms. The van der Waals surface area contributed by atoms with E-state index in [-0.39, 0.29) is 11.6 Å². The third-order valence-corrected chi connectivity index (χ3v) is 5.07. The van der Waals surface area contributed by atoms with Crippen molar-refractivity contribution < 1.29 is 4.79 Å². The van der Waals surface area contributed by atoms with Crippen molar-refractivity contribution in [3.63, 3.8) is 0 Å². The Balaban J connectivity index is 2.22. The van der Waals surface area contributed by atoms with Crippen molar-refractivity contribution >= 4 is 27.9 Å². The highest BCUT2D eigenvalue weighted by Gasteiger charge is 2.25. The zero-order valence-electron chi connectivity index (χ0n) is 12.2. The zero-order chi connectivity index (χ0) is 15.4. The van der Waals surface area contributed by atoms with Gasteiger partial charge >= 0.3 is 0 Å². The van der Waals surface area contributed by atoms with Crippen molar-refractivity contribution in [3.05, 3.63) is 23.1 Å². The van der Waals surface area contributed by atoms with E-state index in [4.69, 9.17) is 5.73 Å². The lowest BCUT2D eigenvalue weighted by molar-refractivity contribution is 0.0963. The first kappa shape index (κ1) is 15.4.